The van der Waals surface area contributed by atoms with Gasteiger partial charge in [-0.15, -0.1) is 6.58 Å². The second-order valence-electron chi connectivity index (χ2n) is 4.49. The molecule has 0 radical (unpaired) electrons. The van der Waals surface area contributed by atoms with Crippen LogP contribution >= 0.6 is 0 Å². The molecule has 0 aliphatic rings. The molecule has 3 heteroatoms. The lowest BCUT2D eigenvalue weighted by atomic mass is 10.1. The highest BCUT2D eigenvalue weighted by molar-refractivity contribution is 5.75. The molecule has 0 unspecified atom stereocenters. The second-order valence-corrected chi connectivity index (χ2v) is 4.49. The molecule has 0 bridgehead atoms. The standard InChI is InChI=1S/C18H18O3/c1-2-6-16-13-15(14-19)9-10-18(16)21-12-11-20-17-7-4-3-5-8-17/h2-5,7-10,13-14H,1,6,11-12H2. The number of hydrogen-bond acceptors (Lipinski definition) is 3. The number of ether oxygens (including phenoxy) is 2. The zero-order chi connectivity index (χ0) is 14.9. The molecule has 0 saturated heterocycles. The van der Waals surface area contributed by atoms with Crippen molar-refractivity contribution in [2.24, 2.45) is 0 Å². The van der Waals surface area contributed by atoms with Crippen LogP contribution in [0.1, 0.15) is 15.9 Å². The van der Waals surface area contributed by atoms with Crippen molar-refractivity contribution in [2.45, 2.75) is 6.42 Å². The maximum Gasteiger partial charge on any atom is 0.150 e. The van der Waals surface area contributed by atoms with Crippen molar-refractivity contribution in [3.63, 3.8) is 0 Å². The van der Waals surface area contributed by atoms with Crippen molar-refractivity contribution in [1.82, 2.24) is 0 Å². The Hall–Kier alpha value is -2.55. The van der Waals surface area contributed by atoms with E-state index in [9.17, 15) is 4.79 Å². The normalized spacial score (nSPS) is 9.90. The van der Waals surface area contributed by atoms with E-state index in [2.05, 4.69) is 6.58 Å². The molecule has 108 valence electrons. The summed E-state index contributed by atoms with van der Waals surface area (Å²) in [5, 5.41) is 0. The fraction of sp³-hybridized carbons (Fsp3) is 0.167. The van der Waals surface area contributed by atoms with Gasteiger partial charge in [0, 0.05) is 5.56 Å². The summed E-state index contributed by atoms with van der Waals surface area (Å²) in [5.41, 5.74) is 1.59. The Morgan fingerprint density at radius 3 is 2.48 bits per heavy atom. The molecule has 0 aromatic heterocycles. The molecule has 0 atom stereocenters. The van der Waals surface area contributed by atoms with Crippen LogP contribution in [0.5, 0.6) is 11.5 Å². The molecule has 0 spiro atoms. The van der Waals surface area contributed by atoms with E-state index in [4.69, 9.17) is 9.47 Å². The van der Waals surface area contributed by atoms with Crippen molar-refractivity contribution in [1.29, 1.82) is 0 Å². The number of allylic oxidation sites excluding steroid dienone is 1. The highest BCUT2D eigenvalue weighted by atomic mass is 16.5. The molecule has 2 rings (SSSR count). The Labute approximate surface area is 124 Å². The van der Waals surface area contributed by atoms with Crippen molar-refractivity contribution < 1.29 is 14.3 Å². The summed E-state index contributed by atoms with van der Waals surface area (Å²) in [7, 11) is 0. The number of carbonyl (C=O) groups is 1. The van der Waals surface area contributed by atoms with Gasteiger partial charge >= 0.3 is 0 Å². The summed E-state index contributed by atoms with van der Waals surface area (Å²) in [4.78, 5) is 10.8. The van der Waals surface area contributed by atoms with Gasteiger partial charge in [-0.25, -0.2) is 0 Å². The third kappa shape index (κ3) is 4.49. The first-order chi connectivity index (χ1) is 10.3. The summed E-state index contributed by atoms with van der Waals surface area (Å²) in [6.45, 7) is 4.63. The van der Waals surface area contributed by atoms with Crippen LogP contribution in [0, 0.1) is 0 Å². The predicted molar refractivity (Wildman–Crippen MR) is 83.2 cm³/mol. The van der Waals surface area contributed by atoms with Crippen molar-refractivity contribution in [2.75, 3.05) is 13.2 Å². The summed E-state index contributed by atoms with van der Waals surface area (Å²) in [6.07, 6.45) is 3.28. The van der Waals surface area contributed by atoms with Gasteiger partial charge in [-0.1, -0.05) is 24.3 Å². The summed E-state index contributed by atoms with van der Waals surface area (Å²) in [6, 6.07) is 15.0. The van der Waals surface area contributed by atoms with Crippen LogP contribution in [-0.2, 0) is 6.42 Å². The SMILES string of the molecule is C=CCc1cc(C=O)ccc1OCCOc1ccccc1. The zero-order valence-corrected chi connectivity index (χ0v) is 11.8. The monoisotopic (exact) mass is 282 g/mol. The van der Waals surface area contributed by atoms with Crippen molar-refractivity contribution in [3.8, 4) is 11.5 Å². The van der Waals surface area contributed by atoms with Crippen LogP contribution in [-0.4, -0.2) is 19.5 Å². The summed E-state index contributed by atoms with van der Waals surface area (Å²) < 4.78 is 11.3. The van der Waals surface area contributed by atoms with E-state index in [1.165, 1.54) is 0 Å². The maximum atomic E-state index is 10.8. The molecule has 0 aliphatic carbocycles. The summed E-state index contributed by atoms with van der Waals surface area (Å²) >= 11 is 0. The Morgan fingerprint density at radius 2 is 1.76 bits per heavy atom. The molecular weight excluding hydrogens is 264 g/mol. The lowest BCUT2D eigenvalue weighted by Gasteiger charge is -2.12. The van der Waals surface area contributed by atoms with E-state index in [0.717, 1.165) is 23.3 Å². The summed E-state index contributed by atoms with van der Waals surface area (Å²) in [5.74, 6) is 1.58. The fourth-order valence-corrected chi connectivity index (χ4v) is 1.96. The van der Waals surface area contributed by atoms with Gasteiger partial charge < -0.3 is 9.47 Å². The first kappa shape index (κ1) is 14.9. The van der Waals surface area contributed by atoms with Gasteiger partial charge in [0.2, 0.25) is 0 Å². The quantitative estimate of drug-likeness (QED) is 0.421. The second kappa shape index (κ2) is 7.90. The minimum absolute atomic E-state index is 0.444. The molecule has 2 aromatic carbocycles. The van der Waals surface area contributed by atoms with Gasteiger partial charge in [0.25, 0.3) is 0 Å². The number of aldehydes is 1. The first-order valence-electron chi connectivity index (χ1n) is 6.83. The number of hydrogen-bond donors (Lipinski definition) is 0. The first-order valence-corrected chi connectivity index (χ1v) is 6.83. The maximum absolute atomic E-state index is 10.8. The van der Waals surface area contributed by atoms with Gasteiger partial charge in [0.15, 0.2) is 0 Å². The Morgan fingerprint density at radius 1 is 1.00 bits per heavy atom. The third-order valence-corrected chi connectivity index (χ3v) is 2.94. The molecule has 0 heterocycles. The number of rotatable bonds is 8. The lowest BCUT2D eigenvalue weighted by Crippen LogP contribution is -2.10. The molecule has 21 heavy (non-hydrogen) atoms. The Kier molecular flexibility index (Phi) is 5.59. The highest BCUT2D eigenvalue weighted by Gasteiger charge is 2.04. The van der Waals surface area contributed by atoms with Gasteiger partial charge in [-0.3, -0.25) is 4.79 Å². The van der Waals surface area contributed by atoms with E-state index in [-0.39, 0.29) is 0 Å². The number of para-hydroxylation sites is 1. The largest absolute Gasteiger partial charge is 0.490 e. The molecule has 0 fully saturated rings. The van der Waals surface area contributed by atoms with Gasteiger partial charge in [-0.2, -0.15) is 0 Å². The van der Waals surface area contributed by atoms with Crippen LogP contribution in [0.3, 0.4) is 0 Å². The van der Waals surface area contributed by atoms with Gasteiger partial charge in [0.1, 0.15) is 31.0 Å². The fourth-order valence-electron chi connectivity index (χ4n) is 1.96. The minimum atomic E-state index is 0.444. The van der Waals surface area contributed by atoms with Crippen molar-refractivity contribution >= 4 is 6.29 Å². The Bertz CT molecular complexity index is 591. The van der Waals surface area contributed by atoms with E-state index in [1.54, 1.807) is 12.1 Å². The molecule has 0 amide bonds. The van der Waals surface area contributed by atoms with Crippen LogP contribution in [0.2, 0.25) is 0 Å². The Balaban J connectivity index is 1.90. The van der Waals surface area contributed by atoms with Crippen LogP contribution in [0.25, 0.3) is 0 Å². The average molecular weight is 282 g/mol. The van der Waals surface area contributed by atoms with E-state index in [0.29, 0.717) is 25.2 Å². The molecule has 0 N–H and O–H groups in total. The molecule has 2 aromatic rings. The molecule has 3 nitrogen and oxygen atoms in total. The van der Waals surface area contributed by atoms with E-state index in [1.807, 2.05) is 42.5 Å². The molecule has 0 saturated carbocycles. The lowest BCUT2D eigenvalue weighted by molar-refractivity contribution is 0.112. The topological polar surface area (TPSA) is 35.5 Å². The molecule has 0 aliphatic heterocycles. The number of benzene rings is 2. The highest BCUT2D eigenvalue weighted by Crippen LogP contribution is 2.20. The van der Waals surface area contributed by atoms with E-state index >= 15 is 0 Å². The van der Waals surface area contributed by atoms with E-state index < -0.39 is 0 Å². The average Bonchev–Trinajstić information content (AvgIpc) is 2.54. The van der Waals surface area contributed by atoms with Gasteiger partial charge in [-0.05, 0) is 42.3 Å². The number of carbonyl (C=O) groups excluding carboxylic acids is 1. The smallest absolute Gasteiger partial charge is 0.150 e. The van der Waals surface area contributed by atoms with Gasteiger partial charge in [0.05, 0.1) is 0 Å². The van der Waals surface area contributed by atoms with Crippen LogP contribution in [0.15, 0.2) is 61.2 Å². The third-order valence-electron chi connectivity index (χ3n) is 2.94. The minimum Gasteiger partial charge on any atom is -0.490 e. The molecular formula is C18H18O3. The van der Waals surface area contributed by atoms with Crippen molar-refractivity contribution in [3.05, 3.63) is 72.3 Å². The van der Waals surface area contributed by atoms with Crippen LogP contribution in [0.4, 0.5) is 0 Å². The van der Waals surface area contributed by atoms with Crippen LogP contribution < -0.4 is 9.47 Å². The predicted octanol–water partition coefficient (Wildman–Crippen LogP) is 3.69. The zero-order valence-electron chi connectivity index (χ0n) is 11.8.